The fraction of sp³-hybridized carbons (Fsp3) is 0.125. The molecule has 9 heteroatoms. The second kappa shape index (κ2) is 7.14. The number of hydrogen-bond donors (Lipinski definition) is 1. The van der Waals surface area contributed by atoms with E-state index in [-0.39, 0.29) is 17.9 Å². The summed E-state index contributed by atoms with van der Waals surface area (Å²) in [5.41, 5.74) is 0.786. The lowest BCUT2D eigenvalue weighted by Crippen LogP contribution is -2.09. The van der Waals surface area contributed by atoms with E-state index in [1.807, 2.05) is 17.5 Å². The smallest absolute Gasteiger partial charge is 0.340 e. The van der Waals surface area contributed by atoms with Gasteiger partial charge in [0.2, 0.25) is 0 Å². The summed E-state index contributed by atoms with van der Waals surface area (Å²) in [6.07, 6.45) is 0. The van der Waals surface area contributed by atoms with Crippen molar-refractivity contribution < 1.29 is 19.0 Å². The van der Waals surface area contributed by atoms with Crippen LogP contribution in [0.3, 0.4) is 0 Å². The Morgan fingerprint density at radius 3 is 2.92 bits per heavy atom. The highest BCUT2D eigenvalue weighted by Crippen LogP contribution is 2.26. The molecule has 8 nitrogen and oxygen atoms in total. The van der Waals surface area contributed by atoms with Crippen LogP contribution in [0.5, 0.6) is 0 Å². The van der Waals surface area contributed by atoms with Crippen LogP contribution in [0.4, 0.5) is 11.4 Å². The number of esters is 1. The van der Waals surface area contributed by atoms with Gasteiger partial charge in [0.1, 0.15) is 12.3 Å². The molecule has 0 saturated carbocycles. The maximum Gasteiger partial charge on any atom is 0.340 e. The molecular weight excluding hydrogens is 346 g/mol. The summed E-state index contributed by atoms with van der Waals surface area (Å²) in [4.78, 5) is 23.5. The molecule has 128 valence electrons. The highest BCUT2D eigenvalue weighted by molar-refractivity contribution is 7.13. The van der Waals surface area contributed by atoms with Crippen LogP contribution in [0.15, 0.2) is 46.3 Å². The van der Waals surface area contributed by atoms with E-state index in [9.17, 15) is 14.9 Å². The summed E-state index contributed by atoms with van der Waals surface area (Å²) < 4.78 is 10.4. The molecule has 0 saturated heterocycles. The number of non-ortho nitro benzene ring substituents is 1. The van der Waals surface area contributed by atoms with E-state index in [1.54, 1.807) is 13.1 Å². The predicted molar refractivity (Wildman–Crippen MR) is 91.6 cm³/mol. The molecule has 0 spiro atoms. The van der Waals surface area contributed by atoms with Crippen molar-refractivity contribution in [1.82, 2.24) is 5.16 Å². The molecule has 3 rings (SSSR count). The minimum atomic E-state index is -0.686. The van der Waals surface area contributed by atoms with Crippen molar-refractivity contribution in [2.45, 2.75) is 6.61 Å². The maximum absolute atomic E-state index is 12.3. The third-order valence-electron chi connectivity index (χ3n) is 3.38. The quantitative estimate of drug-likeness (QED) is 0.406. The largest absolute Gasteiger partial charge is 0.455 e. The van der Waals surface area contributed by atoms with E-state index in [1.165, 1.54) is 29.5 Å². The van der Waals surface area contributed by atoms with Gasteiger partial charge in [0.05, 0.1) is 15.4 Å². The Bertz CT molecular complexity index is 904. The van der Waals surface area contributed by atoms with Gasteiger partial charge in [0.25, 0.3) is 5.69 Å². The van der Waals surface area contributed by atoms with Crippen molar-refractivity contribution in [2.75, 3.05) is 12.4 Å². The molecule has 0 aliphatic heterocycles. The number of nitrogens with zero attached hydrogens (tertiary/aromatic N) is 2. The first-order valence-electron chi connectivity index (χ1n) is 7.21. The summed E-state index contributed by atoms with van der Waals surface area (Å²) in [6.45, 7) is -0.0977. The number of thiophene rings is 1. The molecule has 0 radical (unpaired) electrons. The molecule has 0 unspecified atom stereocenters. The van der Waals surface area contributed by atoms with Crippen LogP contribution < -0.4 is 5.32 Å². The first-order chi connectivity index (χ1) is 12.1. The number of hydrogen-bond acceptors (Lipinski definition) is 8. The minimum Gasteiger partial charge on any atom is -0.455 e. The number of ether oxygens (including phenoxy) is 1. The standard InChI is InChI=1S/C16H13N3O5S/c1-17-13-5-4-11(19(21)22)8-12(13)16(20)23-9-10-7-14(24-18-10)15-3-2-6-25-15/h2-8,17H,9H2,1H3. The van der Waals surface area contributed by atoms with Crippen LogP contribution in [0, 0.1) is 10.1 Å². The third-order valence-corrected chi connectivity index (χ3v) is 4.26. The van der Waals surface area contributed by atoms with Gasteiger partial charge in [-0.05, 0) is 17.5 Å². The summed E-state index contributed by atoms with van der Waals surface area (Å²) in [7, 11) is 1.61. The van der Waals surface area contributed by atoms with Gasteiger partial charge in [-0.15, -0.1) is 11.3 Å². The lowest BCUT2D eigenvalue weighted by Gasteiger charge is -2.08. The Morgan fingerprint density at radius 2 is 2.24 bits per heavy atom. The van der Waals surface area contributed by atoms with Gasteiger partial charge in [-0.3, -0.25) is 10.1 Å². The number of rotatable bonds is 6. The molecule has 0 atom stereocenters. The van der Waals surface area contributed by atoms with Gasteiger partial charge in [-0.2, -0.15) is 0 Å². The van der Waals surface area contributed by atoms with Crippen molar-refractivity contribution >= 4 is 28.7 Å². The maximum atomic E-state index is 12.3. The SMILES string of the molecule is CNc1ccc([N+](=O)[O-])cc1C(=O)OCc1cc(-c2cccs2)on1. The number of nitrogens with one attached hydrogen (secondary N) is 1. The molecule has 0 amide bonds. The van der Waals surface area contributed by atoms with E-state index in [2.05, 4.69) is 10.5 Å². The molecule has 1 aromatic carbocycles. The molecule has 25 heavy (non-hydrogen) atoms. The normalized spacial score (nSPS) is 10.4. The molecule has 0 bridgehead atoms. The molecule has 2 heterocycles. The topological polar surface area (TPSA) is 108 Å². The average molecular weight is 359 g/mol. The highest BCUT2D eigenvalue weighted by atomic mass is 32.1. The number of carbonyl (C=O) groups is 1. The van der Waals surface area contributed by atoms with E-state index >= 15 is 0 Å². The van der Waals surface area contributed by atoms with Gasteiger partial charge in [0, 0.05) is 30.9 Å². The van der Waals surface area contributed by atoms with Crippen LogP contribution in [-0.2, 0) is 11.3 Å². The lowest BCUT2D eigenvalue weighted by atomic mass is 10.1. The summed E-state index contributed by atoms with van der Waals surface area (Å²) >= 11 is 1.51. The van der Waals surface area contributed by atoms with E-state index in [4.69, 9.17) is 9.26 Å². The second-order valence-corrected chi connectivity index (χ2v) is 5.92. The number of nitro groups is 1. The molecule has 2 aromatic heterocycles. The van der Waals surface area contributed by atoms with Crippen molar-refractivity contribution in [1.29, 1.82) is 0 Å². The van der Waals surface area contributed by atoms with Crippen LogP contribution in [-0.4, -0.2) is 23.1 Å². The molecule has 1 N–H and O–H groups in total. The average Bonchev–Trinajstić information content (AvgIpc) is 3.30. The van der Waals surface area contributed by atoms with Gasteiger partial charge >= 0.3 is 5.97 Å². The van der Waals surface area contributed by atoms with Gasteiger partial charge in [0.15, 0.2) is 5.76 Å². The van der Waals surface area contributed by atoms with Crippen LogP contribution >= 0.6 is 11.3 Å². The Labute approximate surface area is 146 Å². The predicted octanol–water partition coefficient (Wildman–Crippen LogP) is 3.71. The van der Waals surface area contributed by atoms with Crippen molar-refractivity contribution in [3.8, 4) is 10.6 Å². The number of carbonyl (C=O) groups excluding carboxylic acids is 1. The van der Waals surface area contributed by atoms with Crippen LogP contribution in [0.2, 0.25) is 0 Å². The summed E-state index contributed by atoms with van der Waals surface area (Å²) in [6, 6.07) is 9.42. The Kier molecular flexibility index (Phi) is 4.75. The van der Waals surface area contributed by atoms with Crippen LogP contribution in [0.1, 0.15) is 16.1 Å². The Morgan fingerprint density at radius 1 is 1.40 bits per heavy atom. The van der Waals surface area contributed by atoms with Crippen LogP contribution in [0.25, 0.3) is 10.6 Å². The molecule has 0 aliphatic carbocycles. The zero-order valence-corrected chi connectivity index (χ0v) is 13.9. The first kappa shape index (κ1) is 16.7. The van der Waals surface area contributed by atoms with Crippen molar-refractivity contribution in [3.63, 3.8) is 0 Å². The minimum absolute atomic E-state index is 0.0821. The van der Waals surface area contributed by atoms with E-state index in [0.717, 1.165) is 4.88 Å². The molecular formula is C16H13N3O5S. The lowest BCUT2D eigenvalue weighted by molar-refractivity contribution is -0.384. The van der Waals surface area contributed by atoms with Crippen molar-refractivity contribution in [2.24, 2.45) is 0 Å². The van der Waals surface area contributed by atoms with E-state index < -0.39 is 10.9 Å². The highest BCUT2D eigenvalue weighted by Gasteiger charge is 2.18. The fourth-order valence-corrected chi connectivity index (χ4v) is 2.84. The first-order valence-corrected chi connectivity index (χ1v) is 8.09. The fourth-order valence-electron chi connectivity index (χ4n) is 2.16. The summed E-state index contributed by atoms with van der Waals surface area (Å²) in [5, 5.41) is 19.5. The van der Waals surface area contributed by atoms with Gasteiger partial charge in [-0.25, -0.2) is 4.79 Å². The molecule has 0 aliphatic rings. The second-order valence-electron chi connectivity index (χ2n) is 4.97. The Hall–Kier alpha value is -3.20. The van der Waals surface area contributed by atoms with Gasteiger partial charge < -0.3 is 14.6 Å². The van der Waals surface area contributed by atoms with Crippen molar-refractivity contribution in [3.05, 3.63) is 63.1 Å². The Balaban J connectivity index is 1.72. The zero-order valence-electron chi connectivity index (χ0n) is 13.1. The monoisotopic (exact) mass is 359 g/mol. The molecule has 3 aromatic rings. The molecule has 0 fully saturated rings. The number of nitro benzene ring substituents is 1. The summed E-state index contributed by atoms with van der Waals surface area (Å²) in [5.74, 6) is -0.0963. The zero-order chi connectivity index (χ0) is 17.8. The number of anilines is 1. The van der Waals surface area contributed by atoms with Gasteiger partial charge in [-0.1, -0.05) is 11.2 Å². The number of aromatic nitrogens is 1. The third kappa shape index (κ3) is 3.66. The number of benzene rings is 1. The van der Waals surface area contributed by atoms with E-state index in [0.29, 0.717) is 17.1 Å².